The molecule has 0 spiro atoms. The molecule has 0 aliphatic rings. The molecular weight excluding hydrogens is 173 g/mol. The lowest BCUT2D eigenvalue weighted by molar-refractivity contribution is 0.0602. The van der Waals surface area contributed by atoms with E-state index in [1.807, 2.05) is 0 Å². The summed E-state index contributed by atoms with van der Waals surface area (Å²) in [6.45, 7) is 0. The van der Waals surface area contributed by atoms with E-state index < -0.39 is 11.8 Å². The highest BCUT2D eigenvalue weighted by Crippen LogP contribution is 2.17. The monoisotopic (exact) mass is 183 g/mol. The summed E-state index contributed by atoms with van der Waals surface area (Å²) in [5.74, 6) is -0.874. The number of anilines is 1. The molecule has 1 aromatic rings. The zero-order valence-electron chi connectivity index (χ0n) is 7.43. The van der Waals surface area contributed by atoms with Crippen molar-refractivity contribution in [2.45, 2.75) is 0 Å². The van der Waals surface area contributed by atoms with Gasteiger partial charge in [-0.1, -0.05) is 0 Å². The topological polar surface area (TPSA) is 38.3 Å². The maximum Gasteiger partial charge on any atom is 0.339 e. The van der Waals surface area contributed by atoms with Crippen molar-refractivity contribution in [2.75, 3.05) is 19.5 Å². The molecule has 0 unspecified atom stereocenters. The standard InChI is InChI=1S/C9H10FNO2/c1-11-8-5-6(10)3-4-7(8)9(12)13-2/h3-5,11H,1-2H3. The number of rotatable bonds is 2. The largest absolute Gasteiger partial charge is 0.465 e. The molecule has 70 valence electrons. The maximum atomic E-state index is 12.7. The highest BCUT2D eigenvalue weighted by atomic mass is 19.1. The van der Waals surface area contributed by atoms with Crippen LogP contribution in [0.15, 0.2) is 18.2 Å². The average molecular weight is 183 g/mol. The van der Waals surface area contributed by atoms with Gasteiger partial charge in [-0.15, -0.1) is 0 Å². The first-order chi connectivity index (χ1) is 6.19. The second kappa shape index (κ2) is 3.89. The van der Waals surface area contributed by atoms with Crippen LogP contribution in [0.4, 0.5) is 10.1 Å². The van der Waals surface area contributed by atoms with Gasteiger partial charge in [0, 0.05) is 7.05 Å². The van der Waals surface area contributed by atoms with E-state index in [9.17, 15) is 9.18 Å². The van der Waals surface area contributed by atoms with E-state index in [1.165, 1.54) is 25.3 Å². The van der Waals surface area contributed by atoms with Crippen molar-refractivity contribution in [1.82, 2.24) is 0 Å². The predicted molar refractivity (Wildman–Crippen MR) is 47.3 cm³/mol. The van der Waals surface area contributed by atoms with E-state index in [0.29, 0.717) is 11.3 Å². The Labute approximate surface area is 75.5 Å². The summed E-state index contributed by atoms with van der Waals surface area (Å²) in [6, 6.07) is 3.84. The van der Waals surface area contributed by atoms with Gasteiger partial charge >= 0.3 is 5.97 Å². The fourth-order valence-corrected chi connectivity index (χ4v) is 1.01. The summed E-state index contributed by atoms with van der Waals surface area (Å²) in [5, 5.41) is 2.71. The van der Waals surface area contributed by atoms with Crippen LogP contribution in [0.25, 0.3) is 0 Å². The van der Waals surface area contributed by atoms with Crippen molar-refractivity contribution < 1.29 is 13.9 Å². The van der Waals surface area contributed by atoms with Crippen LogP contribution in [0, 0.1) is 5.82 Å². The molecule has 1 aromatic carbocycles. The van der Waals surface area contributed by atoms with E-state index in [0.717, 1.165) is 0 Å². The van der Waals surface area contributed by atoms with Crippen LogP contribution < -0.4 is 5.32 Å². The molecule has 0 radical (unpaired) electrons. The first kappa shape index (κ1) is 9.51. The first-order valence-electron chi connectivity index (χ1n) is 3.74. The second-order valence-electron chi connectivity index (χ2n) is 2.43. The molecule has 3 nitrogen and oxygen atoms in total. The molecule has 0 aromatic heterocycles. The van der Waals surface area contributed by atoms with Crippen molar-refractivity contribution in [2.24, 2.45) is 0 Å². The molecule has 0 saturated carbocycles. The molecular formula is C9H10FNO2. The van der Waals surface area contributed by atoms with Crippen LogP contribution in [0.2, 0.25) is 0 Å². The quantitative estimate of drug-likeness (QED) is 0.708. The molecule has 13 heavy (non-hydrogen) atoms. The SMILES string of the molecule is CNc1cc(F)ccc1C(=O)OC. The minimum atomic E-state index is -0.482. The molecule has 0 aliphatic heterocycles. The fraction of sp³-hybridized carbons (Fsp3) is 0.222. The molecule has 1 rings (SSSR count). The molecule has 0 heterocycles. The lowest BCUT2D eigenvalue weighted by Gasteiger charge is -2.06. The summed E-state index contributed by atoms with van der Waals surface area (Å²) >= 11 is 0. The lowest BCUT2D eigenvalue weighted by Crippen LogP contribution is -2.05. The highest BCUT2D eigenvalue weighted by Gasteiger charge is 2.10. The van der Waals surface area contributed by atoms with Gasteiger partial charge in [0.15, 0.2) is 0 Å². The lowest BCUT2D eigenvalue weighted by atomic mass is 10.2. The number of nitrogens with one attached hydrogen (secondary N) is 1. The van der Waals surface area contributed by atoms with Crippen molar-refractivity contribution in [3.05, 3.63) is 29.6 Å². The summed E-state index contributed by atoms with van der Waals surface area (Å²) in [4.78, 5) is 11.1. The van der Waals surface area contributed by atoms with E-state index in [2.05, 4.69) is 10.1 Å². The Bertz CT molecular complexity index is 325. The number of esters is 1. The van der Waals surface area contributed by atoms with Crippen LogP contribution in [0.3, 0.4) is 0 Å². The third-order valence-electron chi connectivity index (χ3n) is 1.66. The Balaban J connectivity index is 3.13. The van der Waals surface area contributed by atoms with Crippen molar-refractivity contribution in [3.8, 4) is 0 Å². The fourth-order valence-electron chi connectivity index (χ4n) is 1.01. The van der Waals surface area contributed by atoms with Crippen LogP contribution in [-0.2, 0) is 4.74 Å². The summed E-state index contributed by atoms with van der Waals surface area (Å²) < 4.78 is 17.2. The number of benzene rings is 1. The van der Waals surface area contributed by atoms with Gasteiger partial charge in [-0.2, -0.15) is 0 Å². The molecule has 0 saturated heterocycles. The number of halogens is 1. The predicted octanol–water partition coefficient (Wildman–Crippen LogP) is 1.65. The number of methoxy groups -OCH3 is 1. The smallest absolute Gasteiger partial charge is 0.339 e. The first-order valence-corrected chi connectivity index (χ1v) is 3.74. The zero-order valence-corrected chi connectivity index (χ0v) is 7.43. The Morgan fingerprint density at radius 1 is 1.54 bits per heavy atom. The summed E-state index contributed by atoms with van der Waals surface area (Å²) in [5.41, 5.74) is 0.748. The van der Waals surface area contributed by atoms with E-state index in [1.54, 1.807) is 7.05 Å². The van der Waals surface area contributed by atoms with Gasteiger partial charge in [0.25, 0.3) is 0 Å². The molecule has 0 bridgehead atoms. The number of carbonyl (C=O) groups excluding carboxylic acids is 1. The molecule has 0 amide bonds. The Kier molecular flexibility index (Phi) is 2.84. The van der Waals surface area contributed by atoms with Crippen LogP contribution in [-0.4, -0.2) is 20.1 Å². The van der Waals surface area contributed by atoms with E-state index >= 15 is 0 Å². The van der Waals surface area contributed by atoms with Gasteiger partial charge in [-0.3, -0.25) is 0 Å². The Morgan fingerprint density at radius 2 is 2.23 bits per heavy atom. The molecule has 0 aliphatic carbocycles. The third kappa shape index (κ3) is 1.96. The average Bonchev–Trinajstić information content (AvgIpc) is 2.16. The van der Waals surface area contributed by atoms with Crippen LogP contribution in [0.5, 0.6) is 0 Å². The second-order valence-corrected chi connectivity index (χ2v) is 2.43. The van der Waals surface area contributed by atoms with Crippen molar-refractivity contribution in [1.29, 1.82) is 0 Å². The van der Waals surface area contributed by atoms with Gasteiger partial charge in [0.2, 0.25) is 0 Å². The van der Waals surface area contributed by atoms with Gasteiger partial charge < -0.3 is 10.1 Å². The van der Waals surface area contributed by atoms with Crippen LogP contribution >= 0.6 is 0 Å². The van der Waals surface area contributed by atoms with Gasteiger partial charge in [-0.05, 0) is 18.2 Å². The Hall–Kier alpha value is -1.58. The number of carbonyl (C=O) groups is 1. The normalized spacial score (nSPS) is 9.46. The number of hydrogen-bond acceptors (Lipinski definition) is 3. The van der Waals surface area contributed by atoms with E-state index in [-0.39, 0.29) is 0 Å². The third-order valence-corrected chi connectivity index (χ3v) is 1.66. The highest BCUT2D eigenvalue weighted by molar-refractivity contribution is 5.95. The maximum absolute atomic E-state index is 12.7. The van der Waals surface area contributed by atoms with Gasteiger partial charge in [0.1, 0.15) is 5.82 Å². The van der Waals surface area contributed by atoms with Crippen molar-refractivity contribution >= 4 is 11.7 Å². The molecule has 4 heteroatoms. The minimum absolute atomic E-state index is 0.325. The minimum Gasteiger partial charge on any atom is -0.465 e. The number of hydrogen-bond donors (Lipinski definition) is 1. The number of ether oxygens (including phenoxy) is 1. The molecule has 0 atom stereocenters. The van der Waals surface area contributed by atoms with E-state index in [4.69, 9.17) is 0 Å². The summed E-state index contributed by atoms with van der Waals surface area (Å²) in [6.07, 6.45) is 0. The van der Waals surface area contributed by atoms with Gasteiger partial charge in [-0.25, -0.2) is 9.18 Å². The Morgan fingerprint density at radius 3 is 2.77 bits per heavy atom. The van der Waals surface area contributed by atoms with Gasteiger partial charge in [0.05, 0.1) is 18.4 Å². The van der Waals surface area contributed by atoms with Crippen molar-refractivity contribution in [3.63, 3.8) is 0 Å². The molecule has 0 fully saturated rings. The van der Waals surface area contributed by atoms with Crippen LogP contribution in [0.1, 0.15) is 10.4 Å². The summed E-state index contributed by atoms with van der Waals surface area (Å²) in [7, 11) is 2.90. The zero-order chi connectivity index (χ0) is 9.84. The molecule has 1 N–H and O–H groups in total.